The molecule has 1 aromatic carbocycles. The van der Waals surface area contributed by atoms with Crippen molar-refractivity contribution in [1.29, 1.82) is 0 Å². The fourth-order valence-electron chi connectivity index (χ4n) is 2.63. The van der Waals surface area contributed by atoms with Crippen molar-refractivity contribution < 1.29 is 4.79 Å². The van der Waals surface area contributed by atoms with E-state index in [0.717, 1.165) is 17.4 Å². The Balaban J connectivity index is 1.82. The Bertz CT molecular complexity index is 427. The highest BCUT2D eigenvalue weighted by atomic mass is 79.9. The van der Waals surface area contributed by atoms with Crippen LogP contribution in [0.5, 0.6) is 0 Å². The van der Waals surface area contributed by atoms with Crippen LogP contribution < -0.4 is 5.32 Å². The maximum absolute atomic E-state index is 12.2. The van der Waals surface area contributed by atoms with Gasteiger partial charge in [-0.25, -0.2) is 0 Å². The van der Waals surface area contributed by atoms with Gasteiger partial charge in [0.2, 0.25) is 0 Å². The number of benzene rings is 1. The molecule has 1 aromatic rings. The fraction of sp³-hybridized carbons (Fsp3) is 0.562. The SMILES string of the molecule is CC(CN1CCCCC1)NC(=O)c1ccc(CBr)cc1. The molecule has 1 aliphatic heterocycles. The molecule has 1 heterocycles. The summed E-state index contributed by atoms with van der Waals surface area (Å²) < 4.78 is 0. The molecule has 0 aromatic heterocycles. The van der Waals surface area contributed by atoms with Crippen molar-refractivity contribution in [2.24, 2.45) is 0 Å². The lowest BCUT2D eigenvalue weighted by atomic mass is 10.1. The van der Waals surface area contributed by atoms with Gasteiger partial charge in [-0.2, -0.15) is 0 Å². The van der Waals surface area contributed by atoms with Crippen molar-refractivity contribution in [3.05, 3.63) is 35.4 Å². The van der Waals surface area contributed by atoms with E-state index in [1.165, 1.54) is 37.9 Å². The fourth-order valence-corrected chi connectivity index (χ4v) is 3.00. The lowest BCUT2D eigenvalue weighted by Gasteiger charge is -2.29. The third-order valence-electron chi connectivity index (χ3n) is 3.73. The van der Waals surface area contributed by atoms with Crippen molar-refractivity contribution in [3.8, 4) is 0 Å². The van der Waals surface area contributed by atoms with Gasteiger partial charge in [-0.3, -0.25) is 4.79 Å². The van der Waals surface area contributed by atoms with Crippen LogP contribution in [-0.2, 0) is 5.33 Å². The molecule has 1 aliphatic rings. The lowest BCUT2D eigenvalue weighted by Crippen LogP contribution is -2.43. The number of carbonyl (C=O) groups excluding carboxylic acids is 1. The summed E-state index contributed by atoms with van der Waals surface area (Å²) in [5.41, 5.74) is 1.92. The highest BCUT2D eigenvalue weighted by molar-refractivity contribution is 9.08. The van der Waals surface area contributed by atoms with Crippen molar-refractivity contribution >= 4 is 21.8 Å². The molecule has 3 nitrogen and oxygen atoms in total. The predicted molar refractivity (Wildman–Crippen MR) is 86.3 cm³/mol. The van der Waals surface area contributed by atoms with Gasteiger partial charge in [0.25, 0.3) is 5.91 Å². The van der Waals surface area contributed by atoms with Crippen LogP contribution in [0.1, 0.15) is 42.1 Å². The number of hydrogen-bond donors (Lipinski definition) is 1. The standard InChI is InChI=1S/C16H23BrN2O/c1-13(12-19-9-3-2-4-10-19)18-16(20)15-7-5-14(11-17)6-8-15/h5-8,13H,2-4,9-12H2,1H3,(H,18,20). The van der Waals surface area contributed by atoms with Gasteiger partial charge in [0, 0.05) is 23.5 Å². The number of nitrogens with zero attached hydrogens (tertiary/aromatic N) is 1. The highest BCUT2D eigenvalue weighted by Crippen LogP contribution is 2.10. The monoisotopic (exact) mass is 338 g/mol. The number of nitrogens with one attached hydrogen (secondary N) is 1. The first kappa shape index (κ1) is 15.5. The average Bonchev–Trinajstić information content (AvgIpc) is 2.48. The first-order valence-electron chi connectivity index (χ1n) is 7.37. The Kier molecular flexibility index (Phi) is 6.05. The quantitative estimate of drug-likeness (QED) is 0.836. The summed E-state index contributed by atoms with van der Waals surface area (Å²) >= 11 is 3.41. The van der Waals surface area contributed by atoms with Gasteiger partial charge in [-0.15, -0.1) is 0 Å². The Hall–Kier alpha value is -0.870. The number of alkyl halides is 1. The van der Waals surface area contributed by atoms with Gasteiger partial charge in [0.05, 0.1) is 0 Å². The third-order valence-corrected chi connectivity index (χ3v) is 4.38. The zero-order chi connectivity index (χ0) is 14.4. The van der Waals surface area contributed by atoms with E-state index in [4.69, 9.17) is 0 Å². The molecule has 1 fully saturated rings. The molecule has 110 valence electrons. The second-order valence-electron chi connectivity index (χ2n) is 5.57. The maximum Gasteiger partial charge on any atom is 0.251 e. The molecule has 1 saturated heterocycles. The number of piperidine rings is 1. The number of carbonyl (C=O) groups is 1. The summed E-state index contributed by atoms with van der Waals surface area (Å²) in [6, 6.07) is 7.94. The summed E-state index contributed by atoms with van der Waals surface area (Å²) in [7, 11) is 0. The Labute approximate surface area is 129 Å². The van der Waals surface area contributed by atoms with Crippen LogP contribution in [0.2, 0.25) is 0 Å². The number of hydrogen-bond acceptors (Lipinski definition) is 2. The van der Waals surface area contributed by atoms with Gasteiger partial charge in [-0.1, -0.05) is 34.5 Å². The van der Waals surface area contributed by atoms with Gasteiger partial charge < -0.3 is 10.2 Å². The molecule has 1 N–H and O–H groups in total. The molecule has 20 heavy (non-hydrogen) atoms. The Morgan fingerprint density at radius 2 is 1.90 bits per heavy atom. The van der Waals surface area contributed by atoms with Crippen LogP contribution in [-0.4, -0.2) is 36.5 Å². The number of likely N-dealkylation sites (tertiary alicyclic amines) is 1. The van der Waals surface area contributed by atoms with Crippen LogP contribution >= 0.6 is 15.9 Å². The van der Waals surface area contributed by atoms with Crippen molar-refractivity contribution in [3.63, 3.8) is 0 Å². The Morgan fingerprint density at radius 3 is 2.50 bits per heavy atom. The molecule has 1 atom stereocenters. The van der Waals surface area contributed by atoms with E-state index in [9.17, 15) is 4.79 Å². The van der Waals surface area contributed by atoms with Crippen LogP contribution in [0, 0.1) is 0 Å². The normalized spacial score (nSPS) is 17.7. The van der Waals surface area contributed by atoms with Gasteiger partial charge in [0.1, 0.15) is 0 Å². The molecule has 4 heteroatoms. The van der Waals surface area contributed by atoms with Crippen LogP contribution in [0.25, 0.3) is 0 Å². The van der Waals surface area contributed by atoms with Gasteiger partial charge in [-0.05, 0) is 50.6 Å². The molecule has 0 saturated carbocycles. The summed E-state index contributed by atoms with van der Waals surface area (Å²) in [6.45, 7) is 5.37. The Morgan fingerprint density at radius 1 is 1.25 bits per heavy atom. The van der Waals surface area contributed by atoms with Gasteiger partial charge in [0.15, 0.2) is 0 Å². The molecule has 1 unspecified atom stereocenters. The zero-order valence-electron chi connectivity index (χ0n) is 12.1. The van der Waals surface area contributed by atoms with E-state index in [0.29, 0.717) is 0 Å². The molecular formula is C16H23BrN2O. The molecule has 0 radical (unpaired) electrons. The second kappa shape index (κ2) is 7.79. The molecular weight excluding hydrogens is 316 g/mol. The maximum atomic E-state index is 12.2. The van der Waals surface area contributed by atoms with Crippen molar-refractivity contribution in [1.82, 2.24) is 10.2 Å². The topological polar surface area (TPSA) is 32.3 Å². The van der Waals surface area contributed by atoms with E-state index in [2.05, 4.69) is 33.1 Å². The van der Waals surface area contributed by atoms with Crippen molar-refractivity contribution in [2.75, 3.05) is 19.6 Å². The van der Waals surface area contributed by atoms with E-state index in [1.54, 1.807) is 0 Å². The predicted octanol–water partition coefficient (Wildman–Crippen LogP) is 3.19. The minimum atomic E-state index is 0.0237. The zero-order valence-corrected chi connectivity index (χ0v) is 13.7. The largest absolute Gasteiger partial charge is 0.348 e. The second-order valence-corrected chi connectivity index (χ2v) is 6.13. The summed E-state index contributed by atoms with van der Waals surface area (Å²) in [5, 5.41) is 3.91. The summed E-state index contributed by atoms with van der Waals surface area (Å²) in [4.78, 5) is 14.6. The van der Waals surface area contributed by atoms with Crippen LogP contribution in [0.3, 0.4) is 0 Å². The summed E-state index contributed by atoms with van der Waals surface area (Å²) in [6.07, 6.45) is 3.92. The van der Waals surface area contributed by atoms with E-state index >= 15 is 0 Å². The first-order valence-corrected chi connectivity index (χ1v) is 8.49. The van der Waals surface area contributed by atoms with E-state index in [-0.39, 0.29) is 11.9 Å². The van der Waals surface area contributed by atoms with Crippen LogP contribution in [0.4, 0.5) is 0 Å². The van der Waals surface area contributed by atoms with Crippen molar-refractivity contribution in [2.45, 2.75) is 37.6 Å². The van der Waals surface area contributed by atoms with Crippen LogP contribution in [0.15, 0.2) is 24.3 Å². The molecule has 2 rings (SSSR count). The summed E-state index contributed by atoms with van der Waals surface area (Å²) in [5.74, 6) is 0.0237. The number of amides is 1. The van der Waals surface area contributed by atoms with Gasteiger partial charge >= 0.3 is 0 Å². The minimum Gasteiger partial charge on any atom is -0.348 e. The van der Waals surface area contributed by atoms with E-state index < -0.39 is 0 Å². The molecule has 0 bridgehead atoms. The minimum absolute atomic E-state index is 0.0237. The number of halogens is 1. The first-order chi connectivity index (χ1) is 9.69. The average molecular weight is 339 g/mol. The lowest BCUT2D eigenvalue weighted by molar-refractivity contribution is 0.0925. The smallest absolute Gasteiger partial charge is 0.251 e. The molecule has 0 aliphatic carbocycles. The number of rotatable bonds is 5. The highest BCUT2D eigenvalue weighted by Gasteiger charge is 2.15. The molecule has 1 amide bonds. The molecule has 0 spiro atoms. The third kappa shape index (κ3) is 4.60. The van der Waals surface area contributed by atoms with E-state index in [1.807, 2.05) is 24.3 Å².